The van der Waals surface area contributed by atoms with E-state index < -0.39 is 0 Å². The zero-order valence-electron chi connectivity index (χ0n) is 11.4. The zero-order chi connectivity index (χ0) is 15.2. The first-order valence-electron chi connectivity index (χ1n) is 6.44. The molecule has 0 amide bonds. The van der Waals surface area contributed by atoms with Gasteiger partial charge in [-0.25, -0.2) is 4.98 Å². The van der Waals surface area contributed by atoms with Crippen molar-refractivity contribution >= 4 is 39.1 Å². The predicted molar refractivity (Wildman–Crippen MR) is 88.3 cm³/mol. The number of halogens is 3. The van der Waals surface area contributed by atoms with Crippen LogP contribution in [0.1, 0.15) is 19.0 Å². The van der Waals surface area contributed by atoms with Crippen molar-refractivity contribution in [3.63, 3.8) is 0 Å². The van der Waals surface area contributed by atoms with E-state index in [1.807, 2.05) is 0 Å². The van der Waals surface area contributed by atoms with Gasteiger partial charge in [0.15, 0.2) is 0 Å². The zero-order valence-corrected chi connectivity index (χ0v) is 14.5. The molecule has 2 rings (SSSR count). The van der Waals surface area contributed by atoms with Crippen LogP contribution in [0.4, 0.5) is 0 Å². The molecule has 2 aromatic rings. The lowest BCUT2D eigenvalue weighted by Crippen LogP contribution is -2.15. The van der Waals surface area contributed by atoms with Gasteiger partial charge >= 0.3 is 0 Å². The maximum Gasteiger partial charge on any atom is 0.238 e. The summed E-state index contributed by atoms with van der Waals surface area (Å²) in [7, 11) is 0. The van der Waals surface area contributed by atoms with Crippen molar-refractivity contribution in [1.29, 1.82) is 0 Å². The number of hydrogen-bond donors (Lipinski definition) is 1. The highest BCUT2D eigenvalue weighted by Crippen LogP contribution is 2.35. The monoisotopic (exact) mass is 389 g/mol. The maximum atomic E-state index is 6.12. The lowest BCUT2D eigenvalue weighted by atomic mass is 10.3. The third-order valence-electron chi connectivity index (χ3n) is 2.58. The Morgan fingerprint density at radius 2 is 2.05 bits per heavy atom. The van der Waals surface area contributed by atoms with Crippen LogP contribution in [-0.4, -0.2) is 16.5 Å². The topological polar surface area (TPSA) is 47.0 Å². The maximum absolute atomic E-state index is 6.12. The molecule has 0 fully saturated rings. The summed E-state index contributed by atoms with van der Waals surface area (Å²) >= 11 is 15.5. The highest BCUT2D eigenvalue weighted by molar-refractivity contribution is 9.10. The molecule has 112 valence electrons. The number of nitrogens with one attached hydrogen (secondary N) is 1. The molecule has 4 nitrogen and oxygen atoms in total. The standard InChI is InChI=1S/C14H14BrCl2N3O/c1-2-3-18-6-9-7-19-8-14(20-9)21-13-5-11(16)10(15)4-12(13)17/h4-5,7-8,18H,2-3,6H2,1H3. The van der Waals surface area contributed by atoms with Crippen molar-refractivity contribution in [3.05, 3.63) is 44.7 Å². The van der Waals surface area contributed by atoms with Crippen LogP contribution in [0, 0.1) is 0 Å². The Labute approximate surface area is 142 Å². The molecule has 0 bridgehead atoms. The van der Waals surface area contributed by atoms with Crippen molar-refractivity contribution in [2.45, 2.75) is 19.9 Å². The van der Waals surface area contributed by atoms with Crippen LogP contribution in [0.2, 0.25) is 10.0 Å². The Kier molecular flexibility index (Phi) is 6.23. The molecule has 1 heterocycles. The molecule has 0 aliphatic carbocycles. The summed E-state index contributed by atoms with van der Waals surface area (Å²) in [5, 5.41) is 4.22. The Morgan fingerprint density at radius 3 is 2.81 bits per heavy atom. The summed E-state index contributed by atoms with van der Waals surface area (Å²) in [5.74, 6) is 0.823. The minimum Gasteiger partial charge on any atom is -0.436 e. The van der Waals surface area contributed by atoms with Crippen molar-refractivity contribution in [2.75, 3.05) is 6.54 Å². The molecule has 0 aliphatic heterocycles. The molecule has 0 spiro atoms. The molecule has 1 aromatic carbocycles. The van der Waals surface area contributed by atoms with Crippen molar-refractivity contribution in [2.24, 2.45) is 0 Å². The average molecular weight is 391 g/mol. The van der Waals surface area contributed by atoms with E-state index in [1.165, 1.54) is 6.20 Å². The molecule has 0 saturated carbocycles. The van der Waals surface area contributed by atoms with Crippen molar-refractivity contribution in [3.8, 4) is 11.6 Å². The molecule has 0 radical (unpaired) electrons. The summed E-state index contributed by atoms with van der Waals surface area (Å²) < 4.78 is 6.37. The van der Waals surface area contributed by atoms with Gasteiger partial charge in [0, 0.05) is 23.3 Å². The molecule has 21 heavy (non-hydrogen) atoms. The number of hydrogen-bond acceptors (Lipinski definition) is 4. The minimum absolute atomic E-state index is 0.381. The van der Waals surface area contributed by atoms with E-state index in [2.05, 4.69) is 38.1 Å². The van der Waals surface area contributed by atoms with Gasteiger partial charge in [-0.3, -0.25) is 4.98 Å². The molecule has 0 unspecified atom stereocenters. The molecule has 7 heteroatoms. The van der Waals surface area contributed by atoms with Gasteiger partial charge in [-0.15, -0.1) is 0 Å². The number of benzene rings is 1. The third-order valence-corrected chi connectivity index (χ3v) is 4.08. The fourth-order valence-corrected chi connectivity index (χ4v) is 2.44. The van der Waals surface area contributed by atoms with E-state index in [0.29, 0.717) is 32.7 Å². The van der Waals surface area contributed by atoms with Gasteiger partial charge in [0.1, 0.15) is 5.75 Å². The van der Waals surface area contributed by atoms with Crippen LogP contribution >= 0.6 is 39.1 Å². The first kappa shape index (κ1) is 16.5. The molecule has 0 saturated heterocycles. The summed E-state index contributed by atoms with van der Waals surface area (Å²) in [5.41, 5.74) is 0.806. The molecule has 1 N–H and O–H groups in total. The van der Waals surface area contributed by atoms with Gasteiger partial charge in [0.2, 0.25) is 5.88 Å². The number of aromatic nitrogens is 2. The number of ether oxygens (including phenoxy) is 1. The van der Waals surface area contributed by atoms with Crippen molar-refractivity contribution < 1.29 is 4.74 Å². The lowest BCUT2D eigenvalue weighted by molar-refractivity contribution is 0.456. The summed E-state index contributed by atoms with van der Waals surface area (Å²) in [6.45, 7) is 3.69. The Bertz CT molecular complexity index is 625. The Hall–Kier alpha value is -0.880. The van der Waals surface area contributed by atoms with Crippen LogP contribution in [0.5, 0.6) is 11.6 Å². The van der Waals surface area contributed by atoms with Crippen LogP contribution in [0.3, 0.4) is 0 Å². The van der Waals surface area contributed by atoms with Crippen LogP contribution < -0.4 is 10.1 Å². The van der Waals surface area contributed by atoms with Crippen LogP contribution in [0.25, 0.3) is 0 Å². The van der Waals surface area contributed by atoms with E-state index in [1.54, 1.807) is 18.3 Å². The van der Waals surface area contributed by atoms with E-state index in [4.69, 9.17) is 27.9 Å². The number of rotatable bonds is 6. The molecule has 1 aromatic heterocycles. The third kappa shape index (κ3) is 4.81. The first-order chi connectivity index (χ1) is 10.1. The fraction of sp³-hybridized carbons (Fsp3) is 0.286. The minimum atomic E-state index is 0.381. The summed E-state index contributed by atoms with van der Waals surface area (Å²) in [6, 6.07) is 3.32. The van der Waals surface area contributed by atoms with E-state index in [9.17, 15) is 0 Å². The SMILES string of the molecule is CCCNCc1cncc(Oc2cc(Cl)c(Br)cc2Cl)n1. The predicted octanol–water partition coefficient (Wildman–Crippen LogP) is 4.84. The second kappa shape index (κ2) is 7.94. The fourth-order valence-electron chi connectivity index (χ4n) is 1.61. The van der Waals surface area contributed by atoms with Gasteiger partial charge in [-0.1, -0.05) is 30.1 Å². The number of nitrogens with zero attached hydrogens (tertiary/aromatic N) is 2. The smallest absolute Gasteiger partial charge is 0.238 e. The average Bonchev–Trinajstić information content (AvgIpc) is 2.45. The summed E-state index contributed by atoms with van der Waals surface area (Å²) in [4.78, 5) is 8.49. The van der Waals surface area contributed by atoms with Gasteiger partial charge < -0.3 is 10.1 Å². The highest BCUT2D eigenvalue weighted by atomic mass is 79.9. The normalized spacial score (nSPS) is 10.7. The Morgan fingerprint density at radius 1 is 1.24 bits per heavy atom. The molecular weight excluding hydrogens is 377 g/mol. The van der Waals surface area contributed by atoms with Gasteiger partial charge in [-0.05, 0) is 35.0 Å². The van der Waals surface area contributed by atoms with Gasteiger partial charge in [0.05, 0.1) is 21.9 Å². The van der Waals surface area contributed by atoms with Crippen LogP contribution in [0.15, 0.2) is 29.0 Å². The van der Waals surface area contributed by atoms with Gasteiger partial charge in [0.25, 0.3) is 0 Å². The first-order valence-corrected chi connectivity index (χ1v) is 7.99. The van der Waals surface area contributed by atoms with E-state index >= 15 is 0 Å². The second-order valence-corrected chi connectivity index (χ2v) is 5.99. The van der Waals surface area contributed by atoms with Crippen LogP contribution in [-0.2, 0) is 6.54 Å². The largest absolute Gasteiger partial charge is 0.436 e. The highest BCUT2D eigenvalue weighted by Gasteiger charge is 2.09. The quantitative estimate of drug-likeness (QED) is 0.566. The molecule has 0 aliphatic rings. The summed E-state index contributed by atoms with van der Waals surface area (Å²) in [6.07, 6.45) is 4.30. The lowest BCUT2D eigenvalue weighted by Gasteiger charge is -2.09. The van der Waals surface area contributed by atoms with Crippen molar-refractivity contribution in [1.82, 2.24) is 15.3 Å². The molecular formula is C14H14BrCl2N3O. The van der Waals surface area contributed by atoms with Gasteiger partial charge in [-0.2, -0.15) is 0 Å². The van der Waals surface area contributed by atoms with E-state index in [-0.39, 0.29) is 0 Å². The Balaban J connectivity index is 2.12. The second-order valence-electron chi connectivity index (χ2n) is 4.32. The van der Waals surface area contributed by atoms with E-state index in [0.717, 1.165) is 18.7 Å². The molecule has 0 atom stereocenters.